The van der Waals surface area contributed by atoms with Crippen molar-refractivity contribution in [2.75, 3.05) is 6.54 Å². The smallest absolute Gasteiger partial charge is 0.260 e. The normalized spacial score (nSPS) is 20.4. The second kappa shape index (κ2) is 4.73. The maximum Gasteiger partial charge on any atom is 0.260 e. The summed E-state index contributed by atoms with van der Waals surface area (Å²) in [5.74, 6) is 0. The van der Waals surface area contributed by atoms with Gasteiger partial charge in [-0.15, -0.1) is 11.3 Å². The van der Waals surface area contributed by atoms with Crippen molar-refractivity contribution in [3.05, 3.63) is 34.2 Å². The summed E-state index contributed by atoms with van der Waals surface area (Å²) in [6, 6.07) is 3.48. The second-order valence-corrected chi connectivity index (χ2v) is 7.37. The third-order valence-corrected chi connectivity index (χ3v) is 6.33. The minimum absolute atomic E-state index is 0.0664. The van der Waals surface area contributed by atoms with E-state index in [1.54, 1.807) is 15.6 Å². The summed E-state index contributed by atoms with van der Waals surface area (Å²) in [4.78, 5) is 1.31. The number of fused-ring (bicyclic) bond motifs is 1. The highest BCUT2D eigenvalue weighted by atomic mass is 32.2. The molecule has 2 aromatic rings. The number of rotatable bonds is 3. The van der Waals surface area contributed by atoms with Gasteiger partial charge in [-0.2, -0.15) is 9.40 Å². The van der Waals surface area contributed by atoms with Gasteiger partial charge in [-0.3, -0.25) is 5.10 Å². The number of thiophene rings is 1. The fraction of sp³-hybridized carbons (Fsp3) is 0.417. The van der Waals surface area contributed by atoms with Crippen molar-refractivity contribution in [2.45, 2.75) is 30.8 Å². The Hall–Kier alpha value is -1.18. The van der Waals surface area contributed by atoms with E-state index in [2.05, 4.69) is 10.2 Å². The molecule has 0 saturated heterocycles. The van der Waals surface area contributed by atoms with Crippen molar-refractivity contribution in [3.8, 4) is 0 Å². The number of aromatic nitrogens is 2. The molecule has 0 saturated carbocycles. The molecule has 102 valence electrons. The van der Waals surface area contributed by atoms with E-state index in [0.717, 1.165) is 18.4 Å². The molecule has 0 amide bonds. The molecule has 19 heavy (non-hydrogen) atoms. The number of H-pyrrole nitrogens is 1. The molecule has 0 aromatic carbocycles. The lowest BCUT2D eigenvalue weighted by Crippen LogP contribution is -2.39. The first-order chi connectivity index (χ1) is 9.14. The molecule has 2 aromatic heterocycles. The van der Waals surface area contributed by atoms with Crippen LogP contribution in [0, 0.1) is 0 Å². The Morgan fingerprint density at radius 1 is 1.53 bits per heavy atom. The quantitative estimate of drug-likeness (QED) is 0.944. The fourth-order valence-corrected chi connectivity index (χ4v) is 5.11. The summed E-state index contributed by atoms with van der Waals surface area (Å²) in [7, 11) is -3.48. The van der Waals surface area contributed by atoms with Crippen molar-refractivity contribution in [3.63, 3.8) is 0 Å². The molecule has 1 aliphatic heterocycles. The first-order valence-corrected chi connectivity index (χ1v) is 8.54. The fourth-order valence-electron chi connectivity index (χ4n) is 2.60. The van der Waals surface area contributed by atoms with Crippen molar-refractivity contribution >= 4 is 21.4 Å². The highest BCUT2D eigenvalue weighted by molar-refractivity contribution is 7.89. The minimum Gasteiger partial charge on any atom is -0.266 e. The number of aromatic amines is 1. The van der Waals surface area contributed by atoms with Crippen LogP contribution in [-0.2, 0) is 16.4 Å². The number of hydrogen-bond acceptors (Lipinski definition) is 4. The predicted molar refractivity (Wildman–Crippen MR) is 73.5 cm³/mol. The highest BCUT2D eigenvalue weighted by Crippen LogP contribution is 2.37. The Morgan fingerprint density at radius 3 is 3.05 bits per heavy atom. The van der Waals surface area contributed by atoms with Crippen LogP contribution in [0.25, 0.3) is 0 Å². The SMILES string of the molecule is CCC1c2ccsc2CCN1S(=O)(=O)c1ccn[nH]1. The summed E-state index contributed by atoms with van der Waals surface area (Å²) >= 11 is 1.71. The van der Waals surface area contributed by atoms with Gasteiger partial charge in [0.1, 0.15) is 0 Å². The second-order valence-electron chi connectivity index (χ2n) is 4.51. The monoisotopic (exact) mass is 297 g/mol. The van der Waals surface area contributed by atoms with Gasteiger partial charge in [0.05, 0.1) is 12.2 Å². The van der Waals surface area contributed by atoms with E-state index < -0.39 is 10.0 Å². The Kier molecular flexibility index (Phi) is 3.20. The molecule has 1 unspecified atom stereocenters. The van der Waals surface area contributed by atoms with Gasteiger partial charge in [0, 0.05) is 11.4 Å². The lowest BCUT2D eigenvalue weighted by molar-refractivity contribution is 0.302. The van der Waals surface area contributed by atoms with Gasteiger partial charge >= 0.3 is 0 Å². The van der Waals surface area contributed by atoms with Crippen LogP contribution in [-0.4, -0.2) is 29.5 Å². The van der Waals surface area contributed by atoms with E-state index in [-0.39, 0.29) is 11.1 Å². The third kappa shape index (κ3) is 2.01. The first kappa shape index (κ1) is 12.8. The van der Waals surface area contributed by atoms with Crippen molar-refractivity contribution in [1.82, 2.24) is 14.5 Å². The van der Waals surface area contributed by atoms with Crippen molar-refractivity contribution < 1.29 is 8.42 Å². The predicted octanol–water partition coefficient (Wildman–Crippen LogP) is 2.17. The number of hydrogen-bond donors (Lipinski definition) is 1. The van der Waals surface area contributed by atoms with Gasteiger partial charge in [0.15, 0.2) is 5.03 Å². The van der Waals surface area contributed by atoms with E-state index >= 15 is 0 Å². The zero-order valence-electron chi connectivity index (χ0n) is 10.5. The first-order valence-electron chi connectivity index (χ1n) is 6.22. The van der Waals surface area contributed by atoms with Crippen LogP contribution in [0.3, 0.4) is 0 Å². The maximum atomic E-state index is 12.6. The maximum absolute atomic E-state index is 12.6. The van der Waals surface area contributed by atoms with Crippen LogP contribution in [0.4, 0.5) is 0 Å². The molecule has 1 atom stereocenters. The van der Waals surface area contributed by atoms with Gasteiger partial charge in [-0.1, -0.05) is 6.92 Å². The molecule has 0 bridgehead atoms. The van der Waals surface area contributed by atoms with E-state index in [0.29, 0.717) is 6.54 Å². The number of nitrogens with zero attached hydrogens (tertiary/aromatic N) is 2. The van der Waals surface area contributed by atoms with Crippen LogP contribution in [0.5, 0.6) is 0 Å². The lowest BCUT2D eigenvalue weighted by atomic mass is 10.0. The van der Waals surface area contributed by atoms with Crippen molar-refractivity contribution in [2.24, 2.45) is 0 Å². The Labute approximate surface area is 116 Å². The van der Waals surface area contributed by atoms with Crippen LogP contribution in [0.2, 0.25) is 0 Å². The van der Waals surface area contributed by atoms with Crippen molar-refractivity contribution in [1.29, 1.82) is 0 Å². The molecule has 3 heterocycles. The Morgan fingerprint density at radius 2 is 2.37 bits per heavy atom. The van der Waals surface area contributed by atoms with E-state index in [1.165, 1.54) is 17.1 Å². The van der Waals surface area contributed by atoms with Gasteiger partial charge in [0.25, 0.3) is 10.0 Å². The largest absolute Gasteiger partial charge is 0.266 e. The third-order valence-electron chi connectivity index (χ3n) is 3.49. The molecule has 3 rings (SSSR count). The highest BCUT2D eigenvalue weighted by Gasteiger charge is 2.36. The standard InChI is InChI=1S/C12H15N3O2S2/c1-2-10-9-5-8-18-11(9)4-7-15(10)19(16,17)12-3-6-13-14-12/h3,5-6,8,10H,2,4,7H2,1H3,(H,13,14). The molecule has 0 spiro atoms. The minimum atomic E-state index is -3.48. The van der Waals surface area contributed by atoms with Gasteiger partial charge in [-0.25, -0.2) is 8.42 Å². The summed E-state index contributed by atoms with van der Waals surface area (Å²) in [5.41, 5.74) is 1.15. The average molecular weight is 297 g/mol. The lowest BCUT2D eigenvalue weighted by Gasteiger charge is -2.33. The number of nitrogens with one attached hydrogen (secondary N) is 1. The zero-order chi connectivity index (χ0) is 13.5. The molecule has 7 heteroatoms. The van der Waals surface area contributed by atoms with Crippen LogP contribution in [0.15, 0.2) is 28.7 Å². The van der Waals surface area contributed by atoms with Crippen LogP contribution >= 0.6 is 11.3 Å². The molecule has 1 aliphatic rings. The zero-order valence-corrected chi connectivity index (χ0v) is 12.2. The van der Waals surface area contributed by atoms with Gasteiger partial charge in [-0.05, 0) is 35.9 Å². The topological polar surface area (TPSA) is 66.1 Å². The van der Waals surface area contributed by atoms with Crippen LogP contribution < -0.4 is 0 Å². The van der Waals surface area contributed by atoms with E-state index in [1.807, 2.05) is 18.4 Å². The molecule has 1 N–H and O–H groups in total. The molecule has 0 radical (unpaired) electrons. The molecular formula is C12H15N3O2S2. The number of sulfonamides is 1. The molecule has 0 fully saturated rings. The molecule has 0 aliphatic carbocycles. The van der Waals surface area contributed by atoms with E-state index in [4.69, 9.17) is 0 Å². The van der Waals surface area contributed by atoms with Crippen LogP contribution in [0.1, 0.15) is 29.8 Å². The summed E-state index contributed by atoms with van der Waals surface area (Å²) in [5, 5.41) is 8.51. The Bertz CT molecular complexity index is 661. The molecule has 5 nitrogen and oxygen atoms in total. The average Bonchev–Trinajstić information content (AvgIpc) is 3.07. The summed E-state index contributed by atoms with van der Waals surface area (Å²) < 4.78 is 26.8. The summed E-state index contributed by atoms with van der Waals surface area (Å²) in [6.07, 6.45) is 3.03. The van der Waals surface area contributed by atoms with Gasteiger partial charge in [0.2, 0.25) is 0 Å². The Balaban J connectivity index is 2.03. The molecular weight excluding hydrogens is 282 g/mol. The van der Waals surface area contributed by atoms with E-state index in [9.17, 15) is 8.42 Å². The summed E-state index contributed by atoms with van der Waals surface area (Å²) in [6.45, 7) is 2.56. The van der Waals surface area contributed by atoms with Gasteiger partial charge < -0.3 is 0 Å².